The maximum absolute atomic E-state index is 11.0. The van der Waals surface area contributed by atoms with E-state index in [-0.39, 0.29) is 0 Å². The Morgan fingerprint density at radius 2 is 1.90 bits per heavy atom. The number of hydrogen-bond donors (Lipinski definition) is 3. The van der Waals surface area contributed by atoms with Gasteiger partial charge in [-0.25, -0.2) is 5.48 Å². The highest BCUT2D eigenvalue weighted by atomic mass is 16.5. The molecule has 1 aliphatic rings. The highest BCUT2D eigenvalue weighted by molar-refractivity contribution is 5.90. The van der Waals surface area contributed by atoms with E-state index in [1.54, 1.807) is 11.6 Å². The first-order valence-electron chi connectivity index (χ1n) is 10.0. The molecule has 2 unspecified atom stereocenters. The Labute approximate surface area is 175 Å². The lowest BCUT2D eigenvalue weighted by Gasteiger charge is -2.06. The molecule has 6 heteroatoms. The van der Waals surface area contributed by atoms with Crippen molar-refractivity contribution in [2.45, 2.75) is 38.8 Å². The van der Waals surface area contributed by atoms with Crippen molar-refractivity contribution in [2.24, 2.45) is 0 Å². The molecule has 1 fully saturated rings. The van der Waals surface area contributed by atoms with Crippen molar-refractivity contribution in [1.29, 1.82) is 0 Å². The zero-order valence-electron chi connectivity index (χ0n) is 17.1. The highest BCUT2D eigenvalue weighted by Gasteiger charge is 2.37. The van der Waals surface area contributed by atoms with Gasteiger partial charge in [-0.1, -0.05) is 53.7 Å². The minimum Gasteiger partial charge on any atom is -0.361 e. The molecule has 1 aliphatic carbocycles. The topological polar surface area (TPSA) is 87.4 Å². The molecule has 30 heavy (non-hydrogen) atoms. The van der Waals surface area contributed by atoms with E-state index in [1.165, 1.54) is 17.2 Å². The fourth-order valence-electron chi connectivity index (χ4n) is 3.79. The average molecular weight is 403 g/mol. The lowest BCUT2D eigenvalue weighted by atomic mass is 10.0. The Hall–Kier alpha value is -3.22. The lowest BCUT2D eigenvalue weighted by Crippen LogP contribution is -2.17. The summed E-state index contributed by atoms with van der Waals surface area (Å²) in [5, 5.41) is 16.2. The van der Waals surface area contributed by atoms with E-state index < -0.39 is 5.91 Å². The van der Waals surface area contributed by atoms with Crippen LogP contribution in [0.25, 0.3) is 17.2 Å². The molecule has 4 rings (SSSR count). The number of carbonyl (C=O) groups is 1. The summed E-state index contributed by atoms with van der Waals surface area (Å²) in [6, 6.07) is 17.2. The molecule has 0 bridgehead atoms. The number of benzene rings is 2. The van der Waals surface area contributed by atoms with Crippen LogP contribution in [-0.4, -0.2) is 22.3 Å². The first-order chi connectivity index (χ1) is 14.5. The van der Waals surface area contributed by atoms with Gasteiger partial charge in [-0.2, -0.15) is 0 Å². The van der Waals surface area contributed by atoms with E-state index in [0.717, 1.165) is 41.1 Å². The van der Waals surface area contributed by atoms with Crippen molar-refractivity contribution in [1.82, 2.24) is 16.0 Å². The first-order valence-corrected chi connectivity index (χ1v) is 10.0. The molecule has 0 saturated heterocycles. The van der Waals surface area contributed by atoms with Crippen LogP contribution in [0, 0.1) is 13.8 Å². The predicted molar refractivity (Wildman–Crippen MR) is 115 cm³/mol. The van der Waals surface area contributed by atoms with Crippen molar-refractivity contribution in [3.8, 4) is 11.1 Å². The molecule has 0 spiro atoms. The van der Waals surface area contributed by atoms with Gasteiger partial charge in [0.2, 0.25) is 0 Å². The van der Waals surface area contributed by atoms with Crippen LogP contribution < -0.4 is 10.8 Å². The van der Waals surface area contributed by atoms with Crippen LogP contribution in [0.2, 0.25) is 0 Å². The maximum atomic E-state index is 11.0. The van der Waals surface area contributed by atoms with Gasteiger partial charge in [0.25, 0.3) is 5.91 Å². The minimum absolute atomic E-state index is 0.489. The molecule has 1 aromatic heterocycles. The van der Waals surface area contributed by atoms with Crippen molar-refractivity contribution in [3.63, 3.8) is 0 Å². The normalized spacial score (nSPS) is 18.0. The summed E-state index contributed by atoms with van der Waals surface area (Å²) in [7, 11) is 0. The van der Waals surface area contributed by atoms with Crippen molar-refractivity contribution < 1.29 is 14.5 Å². The third kappa shape index (κ3) is 4.50. The summed E-state index contributed by atoms with van der Waals surface area (Å²) in [5.74, 6) is 0.854. The number of aryl methyl sites for hydroxylation is 2. The van der Waals surface area contributed by atoms with Crippen LogP contribution in [-0.2, 0) is 11.3 Å². The summed E-state index contributed by atoms with van der Waals surface area (Å²) >= 11 is 0. The summed E-state index contributed by atoms with van der Waals surface area (Å²) in [5.41, 5.74) is 8.18. The monoisotopic (exact) mass is 403 g/mol. The Morgan fingerprint density at radius 1 is 1.17 bits per heavy atom. The standard InChI is InChI=1S/C24H25N3O3/c1-15-24(16(2)30-27-15)20-10-8-19(9-11-20)21-13-22(21)25-14-18-5-3-17(4-6-18)7-12-23(28)26-29/h3-12,21-22,25,29H,13-14H2,1-2H3,(H,26,28)/b12-7+. The van der Waals surface area contributed by atoms with Crippen LogP contribution in [0.15, 0.2) is 59.1 Å². The molecule has 6 nitrogen and oxygen atoms in total. The number of nitrogens with zero attached hydrogens (tertiary/aromatic N) is 1. The molecular weight excluding hydrogens is 378 g/mol. The zero-order chi connectivity index (χ0) is 21.1. The van der Waals surface area contributed by atoms with Gasteiger partial charge in [-0.05, 0) is 48.6 Å². The third-order valence-corrected chi connectivity index (χ3v) is 5.54. The number of carbonyl (C=O) groups excluding carboxylic acids is 1. The van der Waals surface area contributed by atoms with E-state index >= 15 is 0 Å². The van der Waals surface area contributed by atoms with E-state index in [0.29, 0.717) is 12.0 Å². The Kier molecular flexibility index (Phi) is 5.79. The van der Waals surface area contributed by atoms with Crippen molar-refractivity contribution in [3.05, 3.63) is 82.8 Å². The van der Waals surface area contributed by atoms with E-state index in [2.05, 4.69) is 34.7 Å². The second kappa shape index (κ2) is 8.65. The number of rotatable bonds is 7. The van der Waals surface area contributed by atoms with E-state index in [9.17, 15) is 4.79 Å². The number of nitrogens with one attached hydrogen (secondary N) is 2. The first kappa shape index (κ1) is 20.1. The second-order valence-corrected chi connectivity index (χ2v) is 7.70. The fourth-order valence-corrected chi connectivity index (χ4v) is 3.79. The molecule has 2 atom stereocenters. The summed E-state index contributed by atoms with van der Waals surface area (Å²) < 4.78 is 5.28. The van der Waals surface area contributed by atoms with Gasteiger partial charge < -0.3 is 9.84 Å². The number of aromatic nitrogens is 1. The quantitative estimate of drug-likeness (QED) is 0.314. The van der Waals surface area contributed by atoms with Gasteiger partial charge in [-0.3, -0.25) is 10.0 Å². The fraction of sp³-hybridized carbons (Fsp3) is 0.250. The van der Waals surface area contributed by atoms with E-state index in [4.69, 9.17) is 9.73 Å². The molecular formula is C24H25N3O3. The zero-order valence-corrected chi connectivity index (χ0v) is 17.1. The Balaban J connectivity index is 1.30. The highest BCUT2D eigenvalue weighted by Crippen LogP contribution is 2.41. The smallest absolute Gasteiger partial charge is 0.267 e. The molecule has 0 aliphatic heterocycles. The summed E-state index contributed by atoms with van der Waals surface area (Å²) in [6.45, 7) is 4.72. The number of hydrogen-bond acceptors (Lipinski definition) is 5. The number of amides is 1. The summed E-state index contributed by atoms with van der Waals surface area (Å²) in [6.07, 6.45) is 4.09. The lowest BCUT2D eigenvalue weighted by molar-refractivity contribution is -0.124. The molecule has 154 valence electrons. The Bertz CT molecular complexity index is 1030. The van der Waals surface area contributed by atoms with Gasteiger partial charge in [0, 0.05) is 30.1 Å². The van der Waals surface area contributed by atoms with Gasteiger partial charge in [0.1, 0.15) is 5.76 Å². The largest absolute Gasteiger partial charge is 0.361 e. The van der Waals surface area contributed by atoms with Gasteiger partial charge >= 0.3 is 0 Å². The predicted octanol–water partition coefficient (Wildman–Crippen LogP) is 4.12. The molecule has 1 saturated carbocycles. The summed E-state index contributed by atoms with van der Waals surface area (Å²) in [4.78, 5) is 11.0. The van der Waals surface area contributed by atoms with Crippen LogP contribution in [0.4, 0.5) is 0 Å². The molecule has 3 aromatic rings. The van der Waals surface area contributed by atoms with Crippen molar-refractivity contribution >= 4 is 12.0 Å². The van der Waals surface area contributed by atoms with Crippen LogP contribution in [0.3, 0.4) is 0 Å². The molecule has 0 radical (unpaired) electrons. The van der Waals surface area contributed by atoms with Crippen molar-refractivity contribution in [2.75, 3.05) is 0 Å². The SMILES string of the molecule is Cc1noc(C)c1-c1ccc(C2CC2NCc2ccc(/C=C/C(=O)NO)cc2)cc1. The average Bonchev–Trinajstić information content (AvgIpc) is 3.48. The van der Waals surface area contributed by atoms with Gasteiger partial charge in [0.05, 0.1) is 5.69 Å². The van der Waals surface area contributed by atoms with Gasteiger partial charge in [-0.15, -0.1) is 0 Å². The van der Waals surface area contributed by atoms with Gasteiger partial charge in [0.15, 0.2) is 0 Å². The molecule has 3 N–H and O–H groups in total. The Morgan fingerprint density at radius 3 is 2.53 bits per heavy atom. The molecule has 1 heterocycles. The van der Waals surface area contributed by atoms with Crippen LogP contribution in [0.1, 0.15) is 40.5 Å². The molecule has 1 amide bonds. The maximum Gasteiger partial charge on any atom is 0.267 e. The van der Waals surface area contributed by atoms with Crippen LogP contribution in [0.5, 0.6) is 0 Å². The van der Waals surface area contributed by atoms with Crippen LogP contribution >= 0.6 is 0 Å². The van der Waals surface area contributed by atoms with E-state index in [1.807, 2.05) is 38.1 Å². The second-order valence-electron chi connectivity index (χ2n) is 7.70. The number of hydroxylamine groups is 1. The minimum atomic E-state index is -0.541. The third-order valence-electron chi connectivity index (χ3n) is 5.54. The molecule has 2 aromatic carbocycles.